The van der Waals surface area contributed by atoms with Gasteiger partial charge >= 0.3 is 0 Å². The maximum absolute atomic E-state index is 11.8. The molecule has 24 heavy (non-hydrogen) atoms. The minimum atomic E-state index is -3.17. The number of nitrogens with zero attached hydrogens (tertiary/aromatic N) is 3. The monoisotopic (exact) mass is 350 g/mol. The highest BCUT2D eigenvalue weighted by atomic mass is 32.2. The Labute approximate surface area is 142 Å². The molecule has 1 aliphatic heterocycles. The summed E-state index contributed by atoms with van der Waals surface area (Å²) in [6, 6.07) is 6.96. The third kappa shape index (κ3) is 3.66. The van der Waals surface area contributed by atoms with E-state index in [0.29, 0.717) is 23.0 Å². The molecule has 0 amide bonds. The van der Waals surface area contributed by atoms with Crippen molar-refractivity contribution in [2.24, 2.45) is 0 Å². The molecular weight excluding hydrogens is 328 g/mol. The predicted molar refractivity (Wildman–Crippen MR) is 89.5 cm³/mol. The SMILES string of the molecule is CCS(=O)(=O)c1ccc(Cc2nc(C3CNCCN3C)no2)cc1. The van der Waals surface area contributed by atoms with E-state index in [1.54, 1.807) is 31.2 Å². The first-order chi connectivity index (χ1) is 11.5. The van der Waals surface area contributed by atoms with Crippen LogP contribution in [0.2, 0.25) is 0 Å². The van der Waals surface area contributed by atoms with Gasteiger partial charge in [-0.15, -0.1) is 0 Å². The number of nitrogens with one attached hydrogen (secondary N) is 1. The Morgan fingerprint density at radius 2 is 2.08 bits per heavy atom. The van der Waals surface area contributed by atoms with Crippen LogP contribution in [-0.2, 0) is 16.3 Å². The van der Waals surface area contributed by atoms with Crippen molar-refractivity contribution in [3.8, 4) is 0 Å². The van der Waals surface area contributed by atoms with Crippen molar-refractivity contribution in [2.75, 3.05) is 32.4 Å². The van der Waals surface area contributed by atoms with Crippen molar-refractivity contribution in [1.82, 2.24) is 20.4 Å². The van der Waals surface area contributed by atoms with E-state index in [4.69, 9.17) is 4.52 Å². The molecule has 2 heterocycles. The number of hydrogen-bond acceptors (Lipinski definition) is 7. The van der Waals surface area contributed by atoms with E-state index in [0.717, 1.165) is 25.2 Å². The quantitative estimate of drug-likeness (QED) is 0.861. The highest BCUT2D eigenvalue weighted by molar-refractivity contribution is 7.91. The van der Waals surface area contributed by atoms with Gasteiger partial charge < -0.3 is 9.84 Å². The summed E-state index contributed by atoms with van der Waals surface area (Å²) in [4.78, 5) is 7.04. The van der Waals surface area contributed by atoms with Crippen LogP contribution in [0.15, 0.2) is 33.7 Å². The van der Waals surface area contributed by atoms with Gasteiger partial charge in [0.05, 0.1) is 23.1 Å². The molecule has 1 saturated heterocycles. The molecule has 8 heteroatoms. The van der Waals surface area contributed by atoms with E-state index >= 15 is 0 Å². The second kappa shape index (κ2) is 7.00. The summed E-state index contributed by atoms with van der Waals surface area (Å²) in [5, 5.41) is 7.42. The molecule has 130 valence electrons. The first-order valence-electron chi connectivity index (χ1n) is 8.04. The average molecular weight is 350 g/mol. The largest absolute Gasteiger partial charge is 0.339 e. The van der Waals surface area contributed by atoms with Gasteiger partial charge in [0.15, 0.2) is 15.7 Å². The van der Waals surface area contributed by atoms with Crippen LogP contribution >= 0.6 is 0 Å². The van der Waals surface area contributed by atoms with Gasteiger partial charge in [-0.3, -0.25) is 4.90 Å². The van der Waals surface area contributed by atoms with Crippen LogP contribution in [0.1, 0.15) is 30.2 Å². The van der Waals surface area contributed by atoms with Crippen molar-refractivity contribution in [1.29, 1.82) is 0 Å². The van der Waals surface area contributed by atoms with Crippen molar-refractivity contribution < 1.29 is 12.9 Å². The summed E-state index contributed by atoms with van der Waals surface area (Å²) in [5.74, 6) is 1.32. The third-order valence-electron chi connectivity index (χ3n) is 4.31. The maximum Gasteiger partial charge on any atom is 0.231 e. The number of piperazine rings is 1. The molecule has 1 atom stereocenters. The van der Waals surface area contributed by atoms with Crippen LogP contribution in [0, 0.1) is 0 Å². The Bertz CT molecular complexity index is 786. The van der Waals surface area contributed by atoms with Crippen LogP contribution in [0.3, 0.4) is 0 Å². The molecule has 1 aliphatic rings. The summed E-state index contributed by atoms with van der Waals surface area (Å²) < 4.78 is 29.0. The average Bonchev–Trinajstić information content (AvgIpc) is 3.04. The second-order valence-corrected chi connectivity index (χ2v) is 8.25. The number of benzene rings is 1. The fourth-order valence-corrected chi connectivity index (χ4v) is 3.61. The van der Waals surface area contributed by atoms with Crippen LogP contribution in [0.25, 0.3) is 0 Å². The minimum Gasteiger partial charge on any atom is -0.339 e. The number of rotatable bonds is 5. The first-order valence-corrected chi connectivity index (χ1v) is 9.70. The van der Waals surface area contributed by atoms with Gasteiger partial charge in [0.2, 0.25) is 5.89 Å². The topological polar surface area (TPSA) is 88.3 Å². The minimum absolute atomic E-state index is 0.0995. The molecule has 0 aliphatic carbocycles. The molecule has 1 unspecified atom stereocenters. The van der Waals surface area contributed by atoms with E-state index in [1.807, 2.05) is 0 Å². The van der Waals surface area contributed by atoms with Crippen molar-refractivity contribution in [2.45, 2.75) is 24.3 Å². The number of hydrogen-bond donors (Lipinski definition) is 1. The lowest BCUT2D eigenvalue weighted by Crippen LogP contribution is -2.44. The van der Waals surface area contributed by atoms with Crippen molar-refractivity contribution in [3.63, 3.8) is 0 Å². The Balaban J connectivity index is 1.71. The van der Waals surface area contributed by atoms with Gasteiger partial charge in [0, 0.05) is 19.6 Å². The zero-order valence-corrected chi connectivity index (χ0v) is 14.7. The molecule has 7 nitrogen and oxygen atoms in total. The highest BCUT2D eigenvalue weighted by Crippen LogP contribution is 2.19. The van der Waals surface area contributed by atoms with E-state index < -0.39 is 9.84 Å². The lowest BCUT2D eigenvalue weighted by Gasteiger charge is -2.30. The summed E-state index contributed by atoms with van der Waals surface area (Å²) in [6.45, 7) is 4.35. The summed E-state index contributed by atoms with van der Waals surface area (Å²) in [7, 11) is -1.12. The fourth-order valence-electron chi connectivity index (χ4n) is 2.73. The molecule has 0 radical (unpaired) electrons. The number of likely N-dealkylation sites (N-methyl/N-ethyl adjacent to an activating group) is 1. The van der Waals surface area contributed by atoms with Gasteiger partial charge in [-0.25, -0.2) is 8.42 Å². The van der Waals surface area contributed by atoms with Crippen molar-refractivity contribution in [3.05, 3.63) is 41.5 Å². The molecule has 1 aromatic heterocycles. The normalized spacial score (nSPS) is 19.5. The second-order valence-electron chi connectivity index (χ2n) is 5.97. The lowest BCUT2D eigenvalue weighted by atomic mass is 10.1. The van der Waals surface area contributed by atoms with Crippen LogP contribution < -0.4 is 5.32 Å². The maximum atomic E-state index is 11.8. The van der Waals surface area contributed by atoms with E-state index in [1.165, 1.54) is 0 Å². The molecule has 0 bridgehead atoms. The number of aromatic nitrogens is 2. The Hall–Kier alpha value is -1.77. The summed E-state index contributed by atoms with van der Waals surface area (Å²) in [5.41, 5.74) is 0.940. The van der Waals surface area contributed by atoms with E-state index in [9.17, 15) is 8.42 Å². The lowest BCUT2D eigenvalue weighted by molar-refractivity contribution is 0.190. The molecule has 1 fully saturated rings. The van der Waals surface area contributed by atoms with Gasteiger partial charge in [-0.1, -0.05) is 24.2 Å². The molecule has 1 aromatic carbocycles. The molecule has 0 spiro atoms. The Morgan fingerprint density at radius 1 is 1.33 bits per heavy atom. The standard InChI is InChI=1S/C16H22N4O3S/c1-3-24(21,22)13-6-4-12(5-7-13)10-15-18-16(19-23-15)14-11-17-8-9-20(14)2/h4-7,14,17H,3,8-11H2,1-2H3. The van der Waals surface area contributed by atoms with Crippen molar-refractivity contribution >= 4 is 9.84 Å². The van der Waals surface area contributed by atoms with E-state index in [2.05, 4.69) is 27.4 Å². The number of sulfone groups is 1. The zero-order chi connectivity index (χ0) is 17.2. The smallest absolute Gasteiger partial charge is 0.231 e. The van der Waals surface area contributed by atoms with Gasteiger partial charge in [0.1, 0.15) is 0 Å². The first kappa shape index (κ1) is 17.1. The highest BCUT2D eigenvalue weighted by Gasteiger charge is 2.25. The summed E-state index contributed by atoms with van der Waals surface area (Å²) in [6.07, 6.45) is 0.489. The van der Waals surface area contributed by atoms with Crippen LogP contribution in [-0.4, -0.2) is 55.9 Å². The molecular formula is C16H22N4O3S. The van der Waals surface area contributed by atoms with Crippen LogP contribution in [0.5, 0.6) is 0 Å². The molecule has 1 N–H and O–H groups in total. The van der Waals surface area contributed by atoms with E-state index in [-0.39, 0.29) is 11.8 Å². The Kier molecular flexibility index (Phi) is 4.98. The Morgan fingerprint density at radius 3 is 2.75 bits per heavy atom. The zero-order valence-electron chi connectivity index (χ0n) is 13.9. The third-order valence-corrected chi connectivity index (χ3v) is 6.06. The van der Waals surface area contributed by atoms with Gasteiger partial charge in [-0.05, 0) is 24.7 Å². The predicted octanol–water partition coefficient (Wildman–Crippen LogP) is 1.03. The molecule has 2 aromatic rings. The van der Waals surface area contributed by atoms with Gasteiger partial charge in [0.25, 0.3) is 0 Å². The summed E-state index contributed by atoms with van der Waals surface area (Å²) >= 11 is 0. The van der Waals surface area contributed by atoms with Gasteiger partial charge in [-0.2, -0.15) is 4.98 Å². The molecule has 3 rings (SSSR count). The molecule has 0 saturated carbocycles. The fraction of sp³-hybridized carbons (Fsp3) is 0.500. The van der Waals surface area contributed by atoms with Crippen LogP contribution in [0.4, 0.5) is 0 Å².